The highest BCUT2D eigenvalue weighted by molar-refractivity contribution is 7.98. The zero-order chi connectivity index (χ0) is 10.5. The molecular weight excluding hydrogens is 188 g/mol. The fourth-order valence-corrected chi connectivity index (χ4v) is 1.91. The van der Waals surface area contributed by atoms with Crippen LogP contribution < -0.4 is 0 Å². The van der Waals surface area contributed by atoms with Gasteiger partial charge in [-0.1, -0.05) is 48.5 Å². The summed E-state index contributed by atoms with van der Waals surface area (Å²) in [5, 5.41) is 0. The molecule has 0 radical (unpaired) electrons. The number of benzene rings is 2. The van der Waals surface area contributed by atoms with Gasteiger partial charge in [0.15, 0.2) is 0 Å². The monoisotopic (exact) mass is 201 g/mol. The van der Waals surface area contributed by atoms with E-state index in [0.717, 1.165) is 10.5 Å². The Kier molecular flexibility index (Phi) is 2.83. The molecular formula is C13H12S. The van der Waals surface area contributed by atoms with Crippen LogP contribution in [0.15, 0.2) is 65.6 Å². The molecule has 0 aromatic heterocycles. The molecule has 0 unspecified atom stereocenters. The van der Waals surface area contributed by atoms with E-state index >= 15 is 0 Å². The van der Waals surface area contributed by atoms with Crippen molar-refractivity contribution in [2.24, 2.45) is 0 Å². The van der Waals surface area contributed by atoms with Crippen LogP contribution in [-0.2, 0) is 5.73 Å². The van der Waals surface area contributed by atoms with Crippen molar-refractivity contribution in [3.8, 4) is 0 Å². The molecule has 0 saturated heterocycles. The van der Waals surface area contributed by atoms with E-state index in [1.807, 2.05) is 60.7 Å². The van der Waals surface area contributed by atoms with Crippen molar-refractivity contribution >= 4 is 11.8 Å². The summed E-state index contributed by atoms with van der Waals surface area (Å²) in [7, 11) is 0. The Hall–Kier alpha value is -1.21. The lowest BCUT2D eigenvalue weighted by molar-refractivity contribution is 1.38. The van der Waals surface area contributed by atoms with Crippen LogP contribution in [0.1, 0.15) is 6.93 Å². The second kappa shape index (κ2) is 4.87. The molecule has 0 N–H and O–H groups in total. The molecule has 2 aromatic rings. The van der Waals surface area contributed by atoms with Crippen LogP contribution in [0.4, 0.5) is 0 Å². The number of rotatable bonds is 3. The van der Waals surface area contributed by atoms with Crippen LogP contribution in [0.25, 0.3) is 0 Å². The average Bonchev–Trinajstić information content (AvgIpc) is 2.31. The van der Waals surface area contributed by atoms with Gasteiger partial charge in [0.2, 0.25) is 0 Å². The third-order valence-electron chi connectivity index (χ3n) is 1.87. The summed E-state index contributed by atoms with van der Waals surface area (Å²) < 4.78 is 8.01. The molecule has 0 fully saturated rings. The van der Waals surface area contributed by atoms with E-state index in [4.69, 9.17) is 1.37 Å². The summed E-state index contributed by atoms with van der Waals surface area (Å²) in [6.07, 6.45) is 0. The van der Waals surface area contributed by atoms with Gasteiger partial charge >= 0.3 is 0 Å². The van der Waals surface area contributed by atoms with Crippen molar-refractivity contribution in [3.63, 3.8) is 0 Å². The summed E-state index contributed by atoms with van der Waals surface area (Å²) >= 11 is 1.56. The topological polar surface area (TPSA) is 0 Å². The van der Waals surface area contributed by atoms with E-state index in [1.165, 1.54) is 0 Å². The Balaban J connectivity index is 2.08. The molecule has 0 aliphatic carbocycles. The van der Waals surface area contributed by atoms with Crippen LogP contribution >= 0.6 is 11.8 Å². The summed E-state index contributed by atoms with van der Waals surface area (Å²) in [4.78, 5) is 1.14. The van der Waals surface area contributed by atoms with Gasteiger partial charge in [-0.05, 0) is 17.7 Å². The van der Waals surface area contributed by atoms with Crippen LogP contribution in [0, 0.1) is 0 Å². The Morgan fingerprint density at radius 3 is 2.07 bits per heavy atom. The van der Waals surface area contributed by atoms with Crippen molar-refractivity contribution in [1.82, 2.24) is 0 Å². The fraction of sp³-hybridized carbons (Fsp3) is 0.0769. The standard InChI is InChI=1S/C13H12S/c1-3-7-12(8-4-1)11-14-13-9-5-2-6-10-13/h1-10H,11H2/i11D/t11-/m0/s1. The molecule has 1 atom stereocenters. The van der Waals surface area contributed by atoms with E-state index in [0.29, 0.717) is 0 Å². The zero-order valence-electron chi connectivity index (χ0n) is 8.76. The van der Waals surface area contributed by atoms with E-state index in [1.54, 1.807) is 11.8 Å². The molecule has 2 rings (SSSR count). The lowest BCUT2D eigenvalue weighted by Gasteiger charge is -2.00. The zero-order valence-corrected chi connectivity index (χ0v) is 8.58. The van der Waals surface area contributed by atoms with Gasteiger partial charge in [-0.2, -0.15) is 0 Å². The molecule has 1 heteroatoms. The van der Waals surface area contributed by atoms with Crippen molar-refractivity contribution in [2.45, 2.75) is 10.6 Å². The first-order valence-electron chi connectivity index (χ1n) is 5.13. The second-order valence-corrected chi connectivity index (χ2v) is 3.90. The van der Waals surface area contributed by atoms with Crippen LogP contribution in [-0.4, -0.2) is 0 Å². The van der Waals surface area contributed by atoms with E-state index in [-0.39, 0.29) is 5.73 Å². The highest BCUT2D eigenvalue weighted by atomic mass is 32.2. The SMILES string of the molecule is [2H][C@H](Sc1ccccc1)c1ccccc1. The highest BCUT2D eigenvalue weighted by Gasteiger charge is 1.93. The van der Waals surface area contributed by atoms with Gasteiger partial charge in [0.1, 0.15) is 0 Å². The van der Waals surface area contributed by atoms with Gasteiger partial charge in [0, 0.05) is 12.0 Å². The molecule has 70 valence electrons. The first-order chi connectivity index (χ1) is 7.36. The normalized spacial score (nSPS) is 13.3. The smallest absolute Gasteiger partial charge is 0.0434 e. The van der Waals surface area contributed by atoms with E-state index in [2.05, 4.69) is 0 Å². The van der Waals surface area contributed by atoms with Gasteiger partial charge in [0.05, 0.1) is 0 Å². The van der Waals surface area contributed by atoms with E-state index in [9.17, 15) is 0 Å². The Morgan fingerprint density at radius 2 is 1.43 bits per heavy atom. The lowest BCUT2D eigenvalue weighted by Crippen LogP contribution is -1.78. The maximum absolute atomic E-state index is 8.01. The summed E-state index contributed by atoms with van der Waals surface area (Å²) in [6, 6.07) is 20.0. The first kappa shape index (κ1) is 8.13. The van der Waals surface area contributed by atoms with Crippen molar-refractivity contribution in [2.75, 3.05) is 0 Å². The minimum absolute atomic E-state index is 0.242. The third-order valence-corrected chi connectivity index (χ3v) is 2.81. The third kappa shape index (κ3) is 2.64. The number of hydrogen-bond donors (Lipinski definition) is 0. The van der Waals surface area contributed by atoms with Gasteiger partial charge < -0.3 is 0 Å². The van der Waals surface area contributed by atoms with Gasteiger partial charge in [0.25, 0.3) is 0 Å². The number of thioether (sulfide) groups is 1. The van der Waals surface area contributed by atoms with Gasteiger partial charge in [-0.3, -0.25) is 0 Å². The molecule has 0 bridgehead atoms. The predicted molar refractivity (Wildman–Crippen MR) is 62.4 cm³/mol. The Morgan fingerprint density at radius 1 is 0.857 bits per heavy atom. The van der Waals surface area contributed by atoms with Gasteiger partial charge in [-0.25, -0.2) is 0 Å². The first-order valence-corrected chi connectivity index (χ1v) is 5.43. The molecule has 0 spiro atoms. The summed E-state index contributed by atoms with van der Waals surface area (Å²) in [6.45, 7) is 0. The minimum atomic E-state index is -0.242. The second-order valence-electron chi connectivity index (χ2n) is 2.96. The largest absolute Gasteiger partial charge is 0.121 e. The van der Waals surface area contributed by atoms with Crippen molar-refractivity contribution < 1.29 is 1.37 Å². The summed E-state index contributed by atoms with van der Waals surface area (Å²) in [5.74, 6) is 0. The molecule has 14 heavy (non-hydrogen) atoms. The summed E-state index contributed by atoms with van der Waals surface area (Å²) in [5.41, 5.74) is 0.806. The predicted octanol–water partition coefficient (Wildman–Crippen LogP) is 3.98. The Labute approximate surface area is 90.4 Å². The highest BCUT2D eigenvalue weighted by Crippen LogP contribution is 2.21. The molecule has 0 aliphatic rings. The molecule has 0 saturated carbocycles. The molecule has 0 aliphatic heterocycles. The minimum Gasteiger partial charge on any atom is -0.121 e. The average molecular weight is 201 g/mol. The van der Waals surface area contributed by atoms with Crippen LogP contribution in [0.2, 0.25) is 0 Å². The quantitative estimate of drug-likeness (QED) is 0.677. The molecule has 2 aromatic carbocycles. The van der Waals surface area contributed by atoms with E-state index < -0.39 is 0 Å². The molecule has 0 nitrogen and oxygen atoms in total. The van der Waals surface area contributed by atoms with Crippen molar-refractivity contribution in [3.05, 3.63) is 66.2 Å². The van der Waals surface area contributed by atoms with Crippen LogP contribution in [0.3, 0.4) is 0 Å². The maximum Gasteiger partial charge on any atom is 0.0434 e. The fourth-order valence-electron chi connectivity index (χ4n) is 1.17. The maximum atomic E-state index is 8.01. The number of hydrogen-bond acceptors (Lipinski definition) is 1. The van der Waals surface area contributed by atoms with Gasteiger partial charge in [-0.15, -0.1) is 11.8 Å². The molecule has 0 amide bonds. The Bertz CT molecular complexity index is 399. The molecule has 0 heterocycles. The lowest BCUT2D eigenvalue weighted by atomic mass is 10.2. The van der Waals surface area contributed by atoms with Crippen molar-refractivity contribution in [1.29, 1.82) is 0 Å². The van der Waals surface area contributed by atoms with Crippen LogP contribution in [0.5, 0.6) is 0 Å².